The Bertz CT molecular complexity index is 125. The molecule has 0 aromatic rings. The Morgan fingerprint density at radius 2 is 2.00 bits per heavy atom. The maximum Gasteiger partial charge on any atom is 0.251 e. The van der Waals surface area contributed by atoms with Crippen molar-refractivity contribution in [1.82, 2.24) is 4.90 Å². The molecule has 0 aliphatic heterocycles. The Morgan fingerprint density at radius 3 is 2.38 bits per heavy atom. The fourth-order valence-electron chi connectivity index (χ4n) is 1.13. The molecular formula is C8H18F2N2O. The molecule has 0 aromatic carbocycles. The number of rotatable bonds is 7. The lowest BCUT2D eigenvalue weighted by Gasteiger charge is -2.23. The van der Waals surface area contributed by atoms with Gasteiger partial charge in [0.2, 0.25) is 0 Å². The molecule has 0 saturated carbocycles. The average molecular weight is 196 g/mol. The van der Waals surface area contributed by atoms with Crippen LogP contribution >= 0.6 is 0 Å². The first-order valence-electron chi connectivity index (χ1n) is 4.41. The lowest BCUT2D eigenvalue weighted by Crippen LogP contribution is -2.37. The number of hydrogen-bond acceptors (Lipinski definition) is 3. The van der Waals surface area contributed by atoms with Crippen molar-refractivity contribution in [3.05, 3.63) is 0 Å². The van der Waals surface area contributed by atoms with E-state index in [-0.39, 0.29) is 19.1 Å². The number of nitrogens with zero attached hydrogens (tertiary/aromatic N) is 1. The molecule has 0 saturated heterocycles. The summed E-state index contributed by atoms with van der Waals surface area (Å²) >= 11 is 0. The van der Waals surface area contributed by atoms with E-state index in [1.807, 2.05) is 6.92 Å². The summed E-state index contributed by atoms with van der Waals surface area (Å²) in [6.07, 6.45) is -2.34. The van der Waals surface area contributed by atoms with Gasteiger partial charge in [0, 0.05) is 26.2 Å². The number of nitrogens with two attached hydrogens (primary N) is 1. The first-order chi connectivity index (χ1) is 6.10. The molecule has 0 bridgehead atoms. The summed E-state index contributed by atoms with van der Waals surface area (Å²) in [6, 6.07) is 0. The van der Waals surface area contributed by atoms with Crippen molar-refractivity contribution in [1.29, 1.82) is 0 Å². The van der Waals surface area contributed by atoms with Gasteiger partial charge < -0.3 is 10.8 Å². The highest BCUT2D eigenvalue weighted by molar-refractivity contribution is 4.63. The Labute approximate surface area is 77.5 Å². The zero-order valence-corrected chi connectivity index (χ0v) is 7.92. The fourth-order valence-corrected chi connectivity index (χ4v) is 1.13. The smallest absolute Gasteiger partial charge is 0.251 e. The standard InChI is InChI=1S/C8H18F2N2O/c1-7(6-13)4-12(3-2-11)5-8(9)10/h7-8,13H,2-6,11H2,1H3. The van der Waals surface area contributed by atoms with Crippen LogP contribution in [0.4, 0.5) is 8.78 Å². The van der Waals surface area contributed by atoms with Crippen molar-refractivity contribution in [2.24, 2.45) is 11.7 Å². The Morgan fingerprint density at radius 1 is 1.38 bits per heavy atom. The van der Waals surface area contributed by atoms with Gasteiger partial charge in [-0.3, -0.25) is 4.90 Å². The van der Waals surface area contributed by atoms with Gasteiger partial charge in [0.25, 0.3) is 6.43 Å². The second-order valence-electron chi connectivity index (χ2n) is 3.23. The van der Waals surface area contributed by atoms with Crippen LogP contribution in [0.2, 0.25) is 0 Å². The van der Waals surface area contributed by atoms with Gasteiger partial charge in [-0.25, -0.2) is 8.78 Å². The molecule has 1 unspecified atom stereocenters. The van der Waals surface area contributed by atoms with Gasteiger partial charge in [-0.2, -0.15) is 0 Å². The van der Waals surface area contributed by atoms with Crippen molar-refractivity contribution in [2.75, 3.05) is 32.8 Å². The van der Waals surface area contributed by atoms with Crippen LogP contribution in [0.3, 0.4) is 0 Å². The van der Waals surface area contributed by atoms with E-state index in [0.29, 0.717) is 19.6 Å². The van der Waals surface area contributed by atoms with Crippen molar-refractivity contribution >= 4 is 0 Å². The summed E-state index contributed by atoms with van der Waals surface area (Å²) in [4.78, 5) is 1.57. The highest BCUT2D eigenvalue weighted by Crippen LogP contribution is 2.02. The molecule has 0 radical (unpaired) electrons. The molecule has 5 heteroatoms. The van der Waals surface area contributed by atoms with Gasteiger partial charge in [0.15, 0.2) is 0 Å². The third-order valence-electron chi connectivity index (χ3n) is 1.72. The second kappa shape index (κ2) is 7.17. The van der Waals surface area contributed by atoms with Crippen LogP contribution in [0.15, 0.2) is 0 Å². The van der Waals surface area contributed by atoms with Crippen LogP contribution in [0.5, 0.6) is 0 Å². The van der Waals surface area contributed by atoms with E-state index < -0.39 is 6.43 Å². The average Bonchev–Trinajstić information content (AvgIpc) is 2.03. The summed E-state index contributed by atoms with van der Waals surface area (Å²) in [5, 5.41) is 8.74. The number of hydrogen-bond donors (Lipinski definition) is 2. The lowest BCUT2D eigenvalue weighted by atomic mass is 10.2. The van der Waals surface area contributed by atoms with Gasteiger partial charge in [-0.05, 0) is 5.92 Å². The van der Waals surface area contributed by atoms with E-state index in [1.165, 1.54) is 0 Å². The number of halogens is 2. The van der Waals surface area contributed by atoms with Crippen LogP contribution in [0.1, 0.15) is 6.92 Å². The molecule has 80 valence electrons. The summed E-state index contributed by atoms with van der Waals surface area (Å²) in [7, 11) is 0. The molecule has 0 fully saturated rings. The van der Waals surface area contributed by atoms with E-state index in [4.69, 9.17) is 10.8 Å². The van der Waals surface area contributed by atoms with Crippen LogP contribution in [0.25, 0.3) is 0 Å². The van der Waals surface area contributed by atoms with Gasteiger partial charge in [0.05, 0.1) is 6.54 Å². The van der Waals surface area contributed by atoms with Crippen LogP contribution in [0, 0.1) is 5.92 Å². The van der Waals surface area contributed by atoms with Gasteiger partial charge >= 0.3 is 0 Å². The number of aliphatic hydroxyl groups is 1. The zero-order valence-electron chi connectivity index (χ0n) is 7.92. The third-order valence-corrected chi connectivity index (χ3v) is 1.72. The molecule has 0 amide bonds. The molecular weight excluding hydrogens is 178 g/mol. The first kappa shape index (κ1) is 12.7. The van der Waals surface area contributed by atoms with Crippen LogP contribution < -0.4 is 5.73 Å². The maximum atomic E-state index is 12.0. The Balaban J connectivity index is 3.78. The highest BCUT2D eigenvalue weighted by Gasteiger charge is 2.13. The largest absolute Gasteiger partial charge is 0.396 e. The lowest BCUT2D eigenvalue weighted by molar-refractivity contribution is 0.0757. The zero-order chi connectivity index (χ0) is 10.3. The minimum atomic E-state index is -2.34. The molecule has 0 spiro atoms. The Kier molecular flexibility index (Phi) is 7.03. The highest BCUT2D eigenvalue weighted by atomic mass is 19.3. The topological polar surface area (TPSA) is 49.5 Å². The predicted molar refractivity (Wildman–Crippen MR) is 47.7 cm³/mol. The molecule has 0 aliphatic carbocycles. The van der Waals surface area contributed by atoms with E-state index >= 15 is 0 Å². The van der Waals surface area contributed by atoms with Crippen LogP contribution in [-0.2, 0) is 0 Å². The molecule has 0 rings (SSSR count). The number of aliphatic hydroxyl groups excluding tert-OH is 1. The maximum absolute atomic E-state index is 12.0. The quantitative estimate of drug-likeness (QED) is 0.609. The fraction of sp³-hybridized carbons (Fsp3) is 1.00. The van der Waals surface area contributed by atoms with Crippen molar-refractivity contribution in [2.45, 2.75) is 13.3 Å². The monoisotopic (exact) mass is 196 g/mol. The van der Waals surface area contributed by atoms with E-state index in [2.05, 4.69) is 0 Å². The third kappa shape index (κ3) is 6.86. The molecule has 3 N–H and O–H groups in total. The van der Waals surface area contributed by atoms with Gasteiger partial charge in [-0.1, -0.05) is 6.92 Å². The van der Waals surface area contributed by atoms with E-state index in [9.17, 15) is 8.78 Å². The summed E-state index contributed by atoms with van der Waals surface area (Å²) in [6.45, 7) is 2.86. The molecule has 13 heavy (non-hydrogen) atoms. The molecule has 0 aliphatic rings. The van der Waals surface area contributed by atoms with E-state index in [0.717, 1.165) is 0 Å². The predicted octanol–water partition coefficient (Wildman–Crippen LogP) is 0.141. The summed E-state index contributed by atoms with van der Waals surface area (Å²) in [5.41, 5.74) is 5.27. The minimum absolute atomic E-state index is 0.0182. The van der Waals surface area contributed by atoms with Gasteiger partial charge in [-0.15, -0.1) is 0 Å². The van der Waals surface area contributed by atoms with Crippen molar-refractivity contribution < 1.29 is 13.9 Å². The normalized spacial score (nSPS) is 14.1. The van der Waals surface area contributed by atoms with Crippen molar-refractivity contribution in [3.63, 3.8) is 0 Å². The SMILES string of the molecule is CC(CO)CN(CCN)CC(F)F. The van der Waals surface area contributed by atoms with Crippen molar-refractivity contribution in [3.8, 4) is 0 Å². The molecule has 0 heterocycles. The molecule has 1 atom stereocenters. The summed E-state index contributed by atoms with van der Waals surface area (Å²) in [5.74, 6) is 0.0188. The molecule has 3 nitrogen and oxygen atoms in total. The van der Waals surface area contributed by atoms with Gasteiger partial charge in [0.1, 0.15) is 0 Å². The second-order valence-corrected chi connectivity index (χ2v) is 3.23. The first-order valence-corrected chi connectivity index (χ1v) is 4.41. The van der Waals surface area contributed by atoms with E-state index in [1.54, 1.807) is 4.90 Å². The van der Waals surface area contributed by atoms with Crippen LogP contribution in [-0.4, -0.2) is 49.2 Å². The minimum Gasteiger partial charge on any atom is -0.396 e. The Hall–Kier alpha value is -0.260. The summed E-state index contributed by atoms with van der Waals surface area (Å²) < 4.78 is 24.0. The molecule has 0 aromatic heterocycles. The number of alkyl halides is 2.